The van der Waals surface area contributed by atoms with E-state index in [4.69, 9.17) is 4.74 Å². The number of rotatable bonds is 1. The Balaban J connectivity index is 2.45. The minimum atomic E-state index is 0.415. The van der Waals surface area contributed by atoms with Crippen molar-refractivity contribution in [1.82, 2.24) is 0 Å². The molecule has 1 aliphatic rings. The van der Waals surface area contributed by atoms with Crippen LogP contribution in [-0.2, 0) is 0 Å². The molecule has 0 saturated heterocycles. The summed E-state index contributed by atoms with van der Waals surface area (Å²) >= 11 is 0. The van der Waals surface area contributed by atoms with E-state index in [-0.39, 0.29) is 0 Å². The quantitative estimate of drug-likeness (QED) is 0.631. The first kappa shape index (κ1) is 8.11. The maximum Gasteiger partial charge on any atom is 0.131 e. The fourth-order valence-electron chi connectivity index (χ4n) is 1.56. The van der Waals surface area contributed by atoms with E-state index in [0.29, 0.717) is 5.92 Å². The van der Waals surface area contributed by atoms with Crippen LogP contribution in [-0.4, -0.2) is 0 Å². The normalized spacial score (nSPS) is 19.8. The van der Waals surface area contributed by atoms with Gasteiger partial charge in [0.05, 0.1) is 0 Å². The van der Waals surface area contributed by atoms with Crippen LogP contribution < -0.4 is 4.74 Å². The number of hydrogen-bond donors (Lipinski definition) is 0. The molecule has 0 aliphatic carbocycles. The molecule has 2 rings (SSSR count). The molecule has 0 radical (unpaired) electrons. The van der Waals surface area contributed by atoms with Crippen LogP contribution in [0.1, 0.15) is 18.4 Å². The maximum absolute atomic E-state index is 5.59. The second-order valence-corrected chi connectivity index (χ2v) is 3.20. The molecule has 66 valence electrons. The molecule has 0 bridgehead atoms. The first-order chi connectivity index (χ1) is 6.31. The number of ether oxygens (including phenoxy) is 1. The Bertz CT molecular complexity index is 363. The zero-order valence-electron chi connectivity index (χ0n) is 7.66. The van der Waals surface area contributed by atoms with Gasteiger partial charge in [-0.05, 0) is 18.2 Å². The molecule has 1 unspecified atom stereocenters. The van der Waals surface area contributed by atoms with Crippen LogP contribution in [0.25, 0.3) is 0 Å². The van der Waals surface area contributed by atoms with Gasteiger partial charge in [0.1, 0.15) is 11.5 Å². The summed E-state index contributed by atoms with van der Waals surface area (Å²) in [7, 11) is 0. The molecule has 1 heteroatoms. The molecule has 0 amide bonds. The Hall–Kier alpha value is -1.50. The molecule has 1 aromatic carbocycles. The van der Waals surface area contributed by atoms with Crippen LogP contribution >= 0.6 is 0 Å². The van der Waals surface area contributed by atoms with Crippen molar-refractivity contribution in [3.8, 4) is 5.75 Å². The van der Waals surface area contributed by atoms with Gasteiger partial charge in [0.15, 0.2) is 0 Å². The minimum absolute atomic E-state index is 0.415. The first-order valence-electron chi connectivity index (χ1n) is 4.42. The Kier molecular flexibility index (Phi) is 1.93. The third kappa shape index (κ3) is 1.37. The second kappa shape index (κ2) is 3.09. The van der Waals surface area contributed by atoms with Gasteiger partial charge in [0.25, 0.3) is 0 Å². The zero-order chi connectivity index (χ0) is 9.26. The molecule has 1 heterocycles. The molecule has 0 aromatic heterocycles. The molecule has 0 saturated carbocycles. The van der Waals surface area contributed by atoms with Crippen LogP contribution in [0.2, 0.25) is 0 Å². The molecular weight excluding hydrogens is 160 g/mol. The summed E-state index contributed by atoms with van der Waals surface area (Å²) < 4.78 is 5.59. The molecule has 1 nitrogen and oxygen atoms in total. The summed E-state index contributed by atoms with van der Waals surface area (Å²) in [6, 6.07) is 8.10. The van der Waals surface area contributed by atoms with Crippen LogP contribution in [0.3, 0.4) is 0 Å². The summed E-state index contributed by atoms with van der Waals surface area (Å²) in [6.45, 7) is 5.86. The van der Waals surface area contributed by atoms with Crippen LogP contribution in [0, 0.1) is 0 Å². The van der Waals surface area contributed by atoms with Crippen molar-refractivity contribution in [3.63, 3.8) is 0 Å². The Labute approximate surface area is 78.3 Å². The fraction of sp³-hybridized carbons (Fsp3) is 0.167. The lowest BCUT2D eigenvalue weighted by atomic mass is 9.97. The average Bonchev–Trinajstić information content (AvgIpc) is 2.18. The van der Waals surface area contributed by atoms with Gasteiger partial charge in [-0.2, -0.15) is 0 Å². The number of hydrogen-bond acceptors (Lipinski definition) is 1. The van der Waals surface area contributed by atoms with Gasteiger partial charge in [0, 0.05) is 11.5 Å². The summed E-state index contributed by atoms with van der Waals surface area (Å²) in [4.78, 5) is 0. The number of benzene rings is 1. The first-order valence-corrected chi connectivity index (χ1v) is 4.42. The van der Waals surface area contributed by atoms with Gasteiger partial charge < -0.3 is 4.74 Å². The lowest BCUT2D eigenvalue weighted by Crippen LogP contribution is -2.05. The second-order valence-electron chi connectivity index (χ2n) is 3.20. The van der Waals surface area contributed by atoms with Gasteiger partial charge in [-0.1, -0.05) is 31.7 Å². The molecule has 1 aromatic rings. The van der Waals surface area contributed by atoms with Gasteiger partial charge in [0.2, 0.25) is 0 Å². The van der Waals surface area contributed by atoms with E-state index in [9.17, 15) is 0 Å². The van der Waals surface area contributed by atoms with E-state index in [2.05, 4.69) is 25.6 Å². The maximum atomic E-state index is 5.59. The third-order valence-electron chi connectivity index (χ3n) is 2.25. The molecule has 1 atom stereocenters. The molecule has 13 heavy (non-hydrogen) atoms. The predicted octanol–water partition coefficient (Wildman–Crippen LogP) is 3.25. The van der Waals surface area contributed by atoms with Crippen molar-refractivity contribution in [2.24, 2.45) is 0 Å². The molecular formula is C12H12O. The summed E-state index contributed by atoms with van der Waals surface area (Å²) in [5, 5.41) is 0. The lowest BCUT2D eigenvalue weighted by molar-refractivity contribution is 0.421. The summed E-state index contributed by atoms with van der Waals surface area (Å²) in [5.74, 6) is 2.22. The molecule has 1 aliphatic heterocycles. The van der Waals surface area contributed by atoms with Gasteiger partial charge in [-0.15, -0.1) is 0 Å². The number of allylic oxidation sites excluding steroid dienone is 2. The van der Waals surface area contributed by atoms with Gasteiger partial charge in [-0.3, -0.25) is 0 Å². The minimum Gasteiger partial charge on any atom is -0.457 e. The molecule has 0 spiro atoms. The molecule has 0 fully saturated rings. The Morgan fingerprint density at radius 3 is 2.92 bits per heavy atom. The summed E-state index contributed by atoms with van der Waals surface area (Å²) in [5.41, 5.74) is 1.24. The van der Waals surface area contributed by atoms with E-state index in [1.807, 2.05) is 18.2 Å². The van der Waals surface area contributed by atoms with Crippen molar-refractivity contribution in [1.29, 1.82) is 0 Å². The summed E-state index contributed by atoms with van der Waals surface area (Å²) in [6.07, 6.45) is 3.82. The fourth-order valence-corrected chi connectivity index (χ4v) is 1.56. The third-order valence-corrected chi connectivity index (χ3v) is 2.25. The highest BCUT2D eigenvalue weighted by Crippen LogP contribution is 2.33. The zero-order valence-corrected chi connectivity index (χ0v) is 7.66. The molecule has 0 N–H and O–H groups in total. The van der Waals surface area contributed by atoms with Crippen molar-refractivity contribution in [3.05, 3.63) is 54.3 Å². The van der Waals surface area contributed by atoms with E-state index in [1.165, 1.54) is 5.56 Å². The van der Waals surface area contributed by atoms with E-state index < -0.39 is 0 Å². The topological polar surface area (TPSA) is 9.23 Å². The van der Waals surface area contributed by atoms with Crippen molar-refractivity contribution >= 4 is 0 Å². The standard InChI is InChI=1S/C12H12O/c1-3-10-8-9(2)11-6-4-5-7-12(11)13-10/h3-9H,1H2,2H3. The Morgan fingerprint density at radius 1 is 1.38 bits per heavy atom. The van der Waals surface area contributed by atoms with Gasteiger partial charge >= 0.3 is 0 Å². The van der Waals surface area contributed by atoms with Crippen LogP contribution in [0.15, 0.2) is 48.8 Å². The van der Waals surface area contributed by atoms with Crippen molar-refractivity contribution < 1.29 is 4.74 Å². The monoisotopic (exact) mass is 172 g/mol. The van der Waals surface area contributed by atoms with E-state index in [0.717, 1.165) is 11.5 Å². The van der Waals surface area contributed by atoms with Crippen molar-refractivity contribution in [2.75, 3.05) is 0 Å². The number of fused-ring (bicyclic) bond motifs is 1. The van der Waals surface area contributed by atoms with Crippen LogP contribution in [0.5, 0.6) is 5.75 Å². The number of para-hydroxylation sites is 1. The smallest absolute Gasteiger partial charge is 0.131 e. The largest absolute Gasteiger partial charge is 0.457 e. The van der Waals surface area contributed by atoms with Crippen molar-refractivity contribution in [2.45, 2.75) is 12.8 Å². The average molecular weight is 172 g/mol. The predicted molar refractivity (Wildman–Crippen MR) is 53.8 cm³/mol. The van der Waals surface area contributed by atoms with E-state index >= 15 is 0 Å². The Morgan fingerprint density at radius 2 is 2.15 bits per heavy atom. The highest BCUT2D eigenvalue weighted by Gasteiger charge is 2.15. The highest BCUT2D eigenvalue weighted by atomic mass is 16.5. The highest BCUT2D eigenvalue weighted by molar-refractivity contribution is 5.43. The SMILES string of the molecule is C=CC1=CC(C)c2ccccc2O1. The van der Waals surface area contributed by atoms with Crippen LogP contribution in [0.4, 0.5) is 0 Å². The van der Waals surface area contributed by atoms with E-state index in [1.54, 1.807) is 6.08 Å². The van der Waals surface area contributed by atoms with Gasteiger partial charge in [-0.25, -0.2) is 0 Å². The lowest BCUT2D eigenvalue weighted by Gasteiger charge is -2.20.